The molecular formula is C14H19NO5. The molecule has 6 nitrogen and oxygen atoms in total. The molecule has 0 amide bonds. The van der Waals surface area contributed by atoms with Crippen molar-refractivity contribution in [2.45, 2.75) is 38.8 Å². The first-order valence-corrected chi connectivity index (χ1v) is 6.31. The second kappa shape index (κ2) is 6.91. The van der Waals surface area contributed by atoms with Crippen molar-refractivity contribution in [3.05, 3.63) is 29.3 Å². The van der Waals surface area contributed by atoms with Crippen molar-refractivity contribution in [1.29, 1.82) is 0 Å². The van der Waals surface area contributed by atoms with Gasteiger partial charge in [-0.2, -0.15) is 0 Å². The van der Waals surface area contributed by atoms with Gasteiger partial charge < -0.3 is 20.7 Å². The average molecular weight is 281 g/mol. The number of aromatic hydroxyl groups is 1. The molecule has 110 valence electrons. The van der Waals surface area contributed by atoms with E-state index in [2.05, 4.69) is 0 Å². The van der Waals surface area contributed by atoms with Gasteiger partial charge in [-0.15, -0.1) is 0 Å². The molecule has 0 bridgehead atoms. The monoisotopic (exact) mass is 281 g/mol. The molecule has 0 aliphatic rings. The van der Waals surface area contributed by atoms with E-state index in [0.717, 1.165) is 0 Å². The predicted molar refractivity (Wildman–Crippen MR) is 72.2 cm³/mol. The van der Waals surface area contributed by atoms with Crippen LogP contribution < -0.4 is 5.73 Å². The first-order valence-electron chi connectivity index (χ1n) is 6.31. The third kappa shape index (κ3) is 4.55. The summed E-state index contributed by atoms with van der Waals surface area (Å²) in [6.45, 7) is 3.41. The fraction of sp³-hybridized carbons (Fsp3) is 0.429. The lowest BCUT2D eigenvalue weighted by Gasteiger charge is -2.17. The fourth-order valence-electron chi connectivity index (χ4n) is 1.77. The van der Waals surface area contributed by atoms with E-state index in [1.165, 1.54) is 12.1 Å². The minimum Gasteiger partial charge on any atom is -0.508 e. The molecule has 1 aromatic rings. The minimum atomic E-state index is -1.05. The van der Waals surface area contributed by atoms with Gasteiger partial charge in [-0.25, -0.2) is 4.79 Å². The molecule has 1 atom stereocenters. The van der Waals surface area contributed by atoms with E-state index in [1.54, 1.807) is 19.9 Å². The lowest BCUT2D eigenvalue weighted by molar-refractivity contribution is -0.149. The lowest BCUT2D eigenvalue weighted by atomic mass is 9.97. The molecular weight excluding hydrogens is 262 g/mol. The number of esters is 1. The number of hydrogen-bond acceptors (Lipinski definition) is 5. The van der Waals surface area contributed by atoms with E-state index >= 15 is 0 Å². The number of carbonyl (C=O) groups excluding carboxylic acids is 1. The number of benzene rings is 1. The van der Waals surface area contributed by atoms with Gasteiger partial charge in [0.25, 0.3) is 0 Å². The number of carboxylic acids is 1. The lowest BCUT2D eigenvalue weighted by Crippen LogP contribution is -2.27. The van der Waals surface area contributed by atoms with Gasteiger partial charge in [-0.05, 0) is 43.5 Å². The molecule has 1 unspecified atom stereocenters. The number of ether oxygens (including phenoxy) is 1. The number of hydrogen-bond donors (Lipinski definition) is 3. The molecule has 0 fully saturated rings. The van der Waals surface area contributed by atoms with E-state index in [0.29, 0.717) is 11.1 Å². The van der Waals surface area contributed by atoms with Crippen LogP contribution in [0.4, 0.5) is 0 Å². The van der Waals surface area contributed by atoms with Crippen molar-refractivity contribution in [1.82, 2.24) is 0 Å². The van der Waals surface area contributed by atoms with E-state index in [1.807, 2.05) is 0 Å². The van der Waals surface area contributed by atoms with Crippen molar-refractivity contribution < 1.29 is 24.5 Å². The largest absolute Gasteiger partial charge is 0.508 e. The molecule has 0 spiro atoms. The summed E-state index contributed by atoms with van der Waals surface area (Å²) < 4.78 is 5.02. The number of rotatable bonds is 6. The van der Waals surface area contributed by atoms with Crippen LogP contribution in [0.3, 0.4) is 0 Å². The van der Waals surface area contributed by atoms with Crippen LogP contribution in [0.5, 0.6) is 5.75 Å². The zero-order valence-corrected chi connectivity index (χ0v) is 11.5. The molecule has 0 aliphatic carbocycles. The van der Waals surface area contributed by atoms with Gasteiger partial charge in [-0.3, -0.25) is 4.79 Å². The summed E-state index contributed by atoms with van der Waals surface area (Å²) in [5.74, 6) is -1.59. The maximum absolute atomic E-state index is 11.8. The zero-order valence-electron chi connectivity index (χ0n) is 11.5. The Morgan fingerprint density at radius 1 is 1.35 bits per heavy atom. The Bertz CT molecular complexity index is 498. The average Bonchev–Trinajstić information content (AvgIpc) is 2.35. The van der Waals surface area contributed by atoms with Crippen LogP contribution in [-0.2, 0) is 20.7 Å². The minimum absolute atomic E-state index is 0.0353. The first-order chi connectivity index (χ1) is 9.31. The molecule has 1 rings (SSSR count). The Hall–Kier alpha value is -2.08. The third-order valence-electron chi connectivity index (χ3n) is 2.68. The van der Waals surface area contributed by atoms with Crippen molar-refractivity contribution in [2.75, 3.05) is 0 Å². The Kier molecular flexibility index (Phi) is 5.52. The van der Waals surface area contributed by atoms with Crippen LogP contribution in [0.2, 0.25) is 0 Å². The van der Waals surface area contributed by atoms with Crippen molar-refractivity contribution in [3.8, 4) is 5.75 Å². The van der Waals surface area contributed by atoms with Crippen LogP contribution in [0, 0.1) is 0 Å². The van der Waals surface area contributed by atoms with E-state index in [9.17, 15) is 14.7 Å². The molecule has 6 heteroatoms. The van der Waals surface area contributed by atoms with E-state index in [4.69, 9.17) is 15.6 Å². The normalized spacial score (nSPS) is 12.2. The fourth-order valence-corrected chi connectivity index (χ4v) is 1.77. The molecule has 0 radical (unpaired) electrons. The Morgan fingerprint density at radius 2 is 2.00 bits per heavy atom. The quantitative estimate of drug-likeness (QED) is 0.679. The summed E-state index contributed by atoms with van der Waals surface area (Å²) in [5.41, 5.74) is 6.83. The van der Waals surface area contributed by atoms with Gasteiger partial charge in [0.15, 0.2) is 0 Å². The highest BCUT2D eigenvalue weighted by Gasteiger charge is 2.22. The Balaban J connectivity index is 2.98. The van der Waals surface area contributed by atoms with Gasteiger partial charge in [0.2, 0.25) is 0 Å². The highest BCUT2D eigenvalue weighted by atomic mass is 16.5. The second-order valence-electron chi connectivity index (χ2n) is 4.74. The number of nitrogens with two attached hydrogens (primary N) is 1. The molecule has 0 aliphatic heterocycles. The maximum Gasteiger partial charge on any atom is 0.327 e. The number of phenolic OH excluding ortho intramolecular Hbond substituents is 1. The maximum atomic E-state index is 11.8. The van der Waals surface area contributed by atoms with Crippen molar-refractivity contribution in [3.63, 3.8) is 0 Å². The SMILES string of the molecule is CC(C)OC(=O)C(N)c1cc(O)ccc1CCC(=O)O. The van der Waals surface area contributed by atoms with Gasteiger partial charge in [0.1, 0.15) is 11.8 Å². The molecule has 20 heavy (non-hydrogen) atoms. The van der Waals surface area contributed by atoms with Gasteiger partial charge in [-0.1, -0.05) is 6.07 Å². The summed E-state index contributed by atoms with van der Waals surface area (Å²) in [4.78, 5) is 22.4. The highest BCUT2D eigenvalue weighted by molar-refractivity contribution is 5.78. The Morgan fingerprint density at radius 3 is 2.55 bits per heavy atom. The standard InChI is InChI=1S/C14H19NO5/c1-8(2)20-14(19)13(15)11-7-10(16)5-3-9(11)4-6-12(17)18/h3,5,7-8,13,16H,4,6,15H2,1-2H3,(H,17,18). The molecule has 0 aromatic heterocycles. The number of carboxylic acid groups (broad SMARTS) is 1. The second-order valence-corrected chi connectivity index (χ2v) is 4.74. The zero-order chi connectivity index (χ0) is 15.3. The van der Waals surface area contributed by atoms with Gasteiger partial charge in [0, 0.05) is 6.42 Å². The topological polar surface area (TPSA) is 110 Å². The summed E-state index contributed by atoms with van der Waals surface area (Å²) in [6.07, 6.45) is -0.148. The van der Waals surface area contributed by atoms with Crippen LogP contribution in [0.15, 0.2) is 18.2 Å². The van der Waals surface area contributed by atoms with Crippen LogP contribution in [0.1, 0.15) is 37.4 Å². The highest BCUT2D eigenvalue weighted by Crippen LogP contribution is 2.24. The smallest absolute Gasteiger partial charge is 0.327 e. The van der Waals surface area contributed by atoms with Gasteiger partial charge >= 0.3 is 11.9 Å². The van der Waals surface area contributed by atoms with Crippen LogP contribution in [-0.4, -0.2) is 28.3 Å². The first kappa shape index (κ1) is 16.0. The van der Waals surface area contributed by atoms with E-state index < -0.39 is 18.0 Å². The molecule has 0 saturated carbocycles. The number of phenols is 1. The molecule has 1 aromatic carbocycles. The molecule has 4 N–H and O–H groups in total. The summed E-state index contributed by atoms with van der Waals surface area (Å²) >= 11 is 0. The summed E-state index contributed by atoms with van der Waals surface area (Å²) in [5, 5.41) is 18.2. The predicted octanol–water partition coefficient (Wildman–Crippen LogP) is 1.36. The van der Waals surface area contributed by atoms with E-state index in [-0.39, 0.29) is 24.7 Å². The number of aryl methyl sites for hydroxylation is 1. The van der Waals surface area contributed by atoms with Gasteiger partial charge in [0.05, 0.1) is 6.10 Å². The molecule has 0 heterocycles. The number of aliphatic carboxylic acids is 1. The Labute approximate surface area is 117 Å². The third-order valence-corrected chi connectivity index (χ3v) is 2.68. The van der Waals surface area contributed by atoms with Crippen molar-refractivity contribution >= 4 is 11.9 Å². The molecule has 0 saturated heterocycles. The van der Waals surface area contributed by atoms with Crippen LogP contribution in [0.25, 0.3) is 0 Å². The summed E-state index contributed by atoms with van der Waals surface area (Å²) in [6, 6.07) is 3.31. The van der Waals surface area contributed by atoms with Crippen molar-refractivity contribution in [2.24, 2.45) is 5.73 Å². The number of carbonyl (C=O) groups is 2. The van der Waals surface area contributed by atoms with Crippen LogP contribution >= 0.6 is 0 Å². The summed E-state index contributed by atoms with van der Waals surface area (Å²) in [7, 11) is 0.